The summed E-state index contributed by atoms with van der Waals surface area (Å²) < 4.78 is 41.9. The second-order valence-corrected chi connectivity index (χ2v) is 9.86. The Labute approximate surface area is 190 Å². The zero-order chi connectivity index (χ0) is 23.0. The van der Waals surface area contributed by atoms with Gasteiger partial charge in [-0.15, -0.1) is 0 Å². The molecule has 1 aliphatic rings. The van der Waals surface area contributed by atoms with Crippen molar-refractivity contribution in [1.82, 2.24) is 5.32 Å². The van der Waals surface area contributed by atoms with Gasteiger partial charge in [-0.05, 0) is 94.2 Å². The average Bonchev–Trinajstić information content (AvgIpc) is 2.82. The Kier molecular flexibility index (Phi) is 8.53. The summed E-state index contributed by atoms with van der Waals surface area (Å²) in [6.45, 7) is 4.09. The molecular weight excluding hydrogens is 430 g/mol. The predicted molar refractivity (Wildman–Crippen MR) is 121 cm³/mol. The largest absolute Gasteiger partial charge is 0.497 e. The summed E-state index contributed by atoms with van der Waals surface area (Å²) in [5.41, 5.74) is 0. The van der Waals surface area contributed by atoms with Gasteiger partial charge in [0.2, 0.25) is 9.84 Å². The molecule has 8 heteroatoms. The molecule has 32 heavy (non-hydrogen) atoms. The Morgan fingerprint density at radius 1 is 1.00 bits per heavy atom. The Balaban J connectivity index is 1.43. The molecule has 1 fully saturated rings. The normalized spacial score (nSPS) is 15.7. The molecule has 1 heterocycles. The van der Waals surface area contributed by atoms with Gasteiger partial charge < -0.3 is 19.5 Å². The summed E-state index contributed by atoms with van der Waals surface area (Å²) in [6.07, 6.45) is 2.95. The first-order chi connectivity index (χ1) is 15.4. The zero-order valence-corrected chi connectivity index (χ0v) is 19.4. The first-order valence-electron chi connectivity index (χ1n) is 10.9. The second-order valence-electron chi connectivity index (χ2n) is 7.91. The summed E-state index contributed by atoms with van der Waals surface area (Å²) in [7, 11) is -2.07. The van der Waals surface area contributed by atoms with E-state index >= 15 is 0 Å². The topological polar surface area (TPSA) is 90.9 Å². The molecule has 0 aromatic heterocycles. The van der Waals surface area contributed by atoms with Crippen LogP contribution in [0.5, 0.6) is 11.5 Å². The van der Waals surface area contributed by atoms with Crippen molar-refractivity contribution >= 4 is 15.8 Å². The summed E-state index contributed by atoms with van der Waals surface area (Å²) in [4.78, 5) is 12.6. The van der Waals surface area contributed by atoms with E-state index in [1.54, 1.807) is 36.4 Å². The highest BCUT2D eigenvalue weighted by Gasteiger charge is 2.23. The number of carbonyl (C=O) groups excluding carboxylic acids is 1. The highest BCUT2D eigenvalue weighted by Crippen LogP contribution is 2.25. The van der Waals surface area contributed by atoms with Crippen LogP contribution in [0.15, 0.2) is 58.3 Å². The molecule has 0 aliphatic carbocycles. The summed E-state index contributed by atoms with van der Waals surface area (Å²) in [6, 6.07) is 12.7. The van der Waals surface area contributed by atoms with Crippen molar-refractivity contribution in [3.63, 3.8) is 0 Å². The summed E-state index contributed by atoms with van der Waals surface area (Å²) >= 11 is 0. The Hall–Kier alpha value is -2.58. The fourth-order valence-electron chi connectivity index (χ4n) is 3.58. The number of methoxy groups -OCH3 is 1. The lowest BCUT2D eigenvalue weighted by Gasteiger charge is -2.23. The fraction of sp³-hybridized carbons (Fsp3) is 0.458. The van der Waals surface area contributed by atoms with E-state index < -0.39 is 9.84 Å². The van der Waals surface area contributed by atoms with Gasteiger partial charge in [-0.1, -0.05) is 0 Å². The summed E-state index contributed by atoms with van der Waals surface area (Å²) in [5.74, 6) is 1.09. The molecule has 2 aromatic rings. The average molecular weight is 462 g/mol. The maximum atomic E-state index is 12.8. The molecule has 7 nitrogen and oxygen atoms in total. The minimum Gasteiger partial charge on any atom is -0.497 e. The molecule has 0 bridgehead atoms. The van der Waals surface area contributed by atoms with E-state index in [1.165, 1.54) is 19.2 Å². The van der Waals surface area contributed by atoms with Gasteiger partial charge in [-0.25, -0.2) is 8.42 Å². The number of hydrogen-bond acceptors (Lipinski definition) is 7. The van der Waals surface area contributed by atoms with Crippen LogP contribution in [0.3, 0.4) is 0 Å². The molecule has 2 aromatic carbocycles. The highest BCUT2D eigenvalue weighted by atomic mass is 32.2. The second kappa shape index (κ2) is 11.3. The standard InChI is InChI=1S/C24H31NO6S/c1-18(31-24(26)19-13-15-25-16-14-19)4-3-17-30-21-7-11-23(12-8-21)32(27,28)22-9-5-20(29-2)6-10-22/h5-12,18-19,25H,3-4,13-17H2,1-2H3. The minimum atomic E-state index is -3.60. The van der Waals surface area contributed by atoms with Gasteiger partial charge in [-0.2, -0.15) is 0 Å². The molecule has 174 valence electrons. The number of carbonyl (C=O) groups is 1. The van der Waals surface area contributed by atoms with E-state index in [0.29, 0.717) is 24.5 Å². The molecule has 0 saturated carbocycles. The van der Waals surface area contributed by atoms with E-state index in [4.69, 9.17) is 14.2 Å². The van der Waals surface area contributed by atoms with E-state index in [1.807, 2.05) is 6.92 Å². The van der Waals surface area contributed by atoms with E-state index in [-0.39, 0.29) is 27.8 Å². The number of piperidine rings is 1. The molecule has 1 unspecified atom stereocenters. The third-order valence-electron chi connectivity index (χ3n) is 5.52. The number of benzene rings is 2. The molecule has 1 saturated heterocycles. The number of esters is 1. The van der Waals surface area contributed by atoms with Crippen LogP contribution in [0.4, 0.5) is 0 Å². The molecule has 3 rings (SSSR count). The number of rotatable bonds is 10. The van der Waals surface area contributed by atoms with Crippen LogP contribution in [0.2, 0.25) is 0 Å². The van der Waals surface area contributed by atoms with Crippen LogP contribution in [-0.4, -0.2) is 47.3 Å². The van der Waals surface area contributed by atoms with Gasteiger partial charge in [0.05, 0.1) is 35.5 Å². The van der Waals surface area contributed by atoms with E-state index in [0.717, 1.165) is 32.4 Å². The fourth-order valence-corrected chi connectivity index (χ4v) is 4.84. The predicted octanol–water partition coefficient (Wildman–Crippen LogP) is 3.62. The molecule has 0 amide bonds. The van der Waals surface area contributed by atoms with Crippen molar-refractivity contribution in [2.24, 2.45) is 5.92 Å². The number of sulfone groups is 1. The van der Waals surface area contributed by atoms with Gasteiger partial charge in [0.25, 0.3) is 0 Å². The van der Waals surface area contributed by atoms with Crippen LogP contribution >= 0.6 is 0 Å². The third kappa shape index (κ3) is 6.46. The van der Waals surface area contributed by atoms with Crippen LogP contribution in [0.25, 0.3) is 0 Å². The number of nitrogens with one attached hydrogen (secondary N) is 1. The Bertz CT molecular complexity index is 967. The Morgan fingerprint density at radius 3 is 2.12 bits per heavy atom. The first kappa shape index (κ1) is 24.1. The minimum absolute atomic E-state index is 0.00246. The molecular formula is C24H31NO6S. The van der Waals surface area contributed by atoms with Crippen molar-refractivity contribution in [3.05, 3.63) is 48.5 Å². The molecule has 1 atom stereocenters. The van der Waals surface area contributed by atoms with E-state index in [2.05, 4.69) is 5.32 Å². The maximum absolute atomic E-state index is 12.8. The van der Waals surface area contributed by atoms with Gasteiger partial charge in [0.1, 0.15) is 11.5 Å². The molecule has 1 aliphatic heterocycles. The van der Waals surface area contributed by atoms with Gasteiger partial charge >= 0.3 is 5.97 Å². The molecule has 1 N–H and O–H groups in total. The zero-order valence-electron chi connectivity index (χ0n) is 18.6. The first-order valence-corrected chi connectivity index (χ1v) is 12.4. The lowest BCUT2D eigenvalue weighted by Crippen LogP contribution is -2.34. The van der Waals surface area contributed by atoms with Gasteiger partial charge in [0.15, 0.2) is 0 Å². The van der Waals surface area contributed by atoms with Crippen molar-refractivity contribution in [3.8, 4) is 11.5 Å². The number of ether oxygens (including phenoxy) is 3. The van der Waals surface area contributed by atoms with Gasteiger partial charge in [0, 0.05) is 0 Å². The van der Waals surface area contributed by atoms with Crippen LogP contribution in [0, 0.1) is 5.92 Å². The van der Waals surface area contributed by atoms with Crippen molar-refractivity contribution < 1.29 is 27.4 Å². The van der Waals surface area contributed by atoms with Crippen LogP contribution in [-0.2, 0) is 19.4 Å². The SMILES string of the molecule is COc1ccc(S(=O)(=O)c2ccc(OCCCC(C)OC(=O)C3CCNCC3)cc2)cc1. The lowest BCUT2D eigenvalue weighted by molar-refractivity contribution is -0.154. The Morgan fingerprint density at radius 2 is 1.56 bits per heavy atom. The van der Waals surface area contributed by atoms with E-state index in [9.17, 15) is 13.2 Å². The van der Waals surface area contributed by atoms with Crippen molar-refractivity contribution in [1.29, 1.82) is 0 Å². The van der Waals surface area contributed by atoms with Crippen molar-refractivity contribution in [2.75, 3.05) is 26.8 Å². The molecule has 0 spiro atoms. The quantitative estimate of drug-likeness (QED) is 0.427. The third-order valence-corrected chi connectivity index (χ3v) is 7.30. The van der Waals surface area contributed by atoms with Crippen LogP contribution in [0.1, 0.15) is 32.6 Å². The van der Waals surface area contributed by atoms with Gasteiger partial charge in [-0.3, -0.25) is 4.79 Å². The highest BCUT2D eigenvalue weighted by molar-refractivity contribution is 7.91. The summed E-state index contributed by atoms with van der Waals surface area (Å²) in [5, 5.41) is 3.24. The van der Waals surface area contributed by atoms with Crippen LogP contribution < -0.4 is 14.8 Å². The number of hydrogen-bond donors (Lipinski definition) is 1. The van der Waals surface area contributed by atoms with Crippen molar-refractivity contribution in [2.45, 2.75) is 48.5 Å². The lowest BCUT2D eigenvalue weighted by atomic mass is 9.98. The smallest absolute Gasteiger partial charge is 0.309 e. The monoisotopic (exact) mass is 461 g/mol. The molecule has 0 radical (unpaired) electrons. The maximum Gasteiger partial charge on any atom is 0.309 e.